The topological polar surface area (TPSA) is 122 Å². The molecule has 1 aliphatic heterocycles. The molecule has 35 heavy (non-hydrogen) atoms. The fourth-order valence-electron chi connectivity index (χ4n) is 3.36. The van der Waals surface area contributed by atoms with Crippen molar-refractivity contribution in [3.05, 3.63) is 76.8 Å². The molecule has 0 saturated carbocycles. The van der Waals surface area contributed by atoms with E-state index in [1.54, 1.807) is 18.2 Å². The van der Waals surface area contributed by atoms with Gasteiger partial charge in [-0.05, 0) is 54.6 Å². The summed E-state index contributed by atoms with van der Waals surface area (Å²) in [5.74, 6) is -0.414. The summed E-state index contributed by atoms with van der Waals surface area (Å²) in [4.78, 5) is 12.8. The molecule has 3 aromatic carbocycles. The van der Waals surface area contributed by atoms with Gasteiger partial charge in [-0.2, -0.15) is 0 Å². The van der Waals surface area contributed by atoms with E-state index in [1.807, 2.05) is 0 Å². The fourth-order valence-corrected chi connectivity index (χ4v) is 5.75. The van der Waals surface area contributed by atoms with Gasteiger partial charge in [0.15, 0.2) is 6.10 Å². The molecule has 0 fully saturated rings. The predicted molar refractivity (Wildman–Crippen MR) is 135 cm³/mol. The summed E-state index contributed by atoms with van der Waals surface area (Å²) in [7, 11) is -7.63. The normalized spacial score (nSPS) is 15.6. The molecule has 13 heteroatoms. The van der Waals surface area contributed by atoms with Gasteiger partial charge in [0.2, 0.25) is 10.0 Å². The molecule has 1 heterocycles. The highest BCUT2D eigenvalue weighted by Crippen LogP contribution is 2.37. The van der Waals surface area contributed by atoms with Crippen molar-refractivity contribution in [2.75, 3.05) is 27.1 Å². The quantitative estimate of drug-likeness (QED) is 0.474. The number of amides is 1. The van der Waals surface area contributed by atoms with E-state index >= 15 is 0 Å². The van der Waals surface area contributed by atoms with E-state index in [-0.39, 0.29) is 33.6 Å². The number of fused-ring (bicyclic) bond motifs is 1. The number of para-hydroxylation sites is 1. The van der Waals surface area contributed by atoms with Crippen molar-refractivity contribution in [3.8, 4) is 5.75 Å². The maximum atomic E-state index is 12.8. The van der Waals surface area contributed by atoms with Crippen LogP contribution in [0.15, 0.2) is 71.6 Å². The lowest BCUT2D eigenvalue weighted by atomic mass is 10.2. The average molecular weight is 556 g/mol. The van der Waals surface area contributed by atoms with Gasteiger partial charge in [-0.15, -0.1) is 0 Å². The molecule has 0 radical (unpaired) electrons. The molecule has 9 nitrogen and oxygen atoms in total. The number of benzene rings is 3. The van der Waals surface area contributed by atoms with Crippen LogP contribution in [0.4, 0.5) is 17.1 Å². The van der Waals surface area contributed by atoms with Crippen LogP contribution < -0.4 is 19.1 Å². The Kier molecular flexibility index (Phi) is 6.87. The third kappa shape index (κ3) is 5.64. The third-order valence-electron chi connectivity index (χ3n) is 5.03. The highest BCUT2D eigenvalue weighted by atomic mass is 35.5. The number of hydrogen-bond acceptors (Lipinski definition) is 6. The van der Waals surface area contributed by atoms with Crippen LogP contribution in [0.25, 0.3) is 0 Å². The Morgan fingerprint density at radius 2 is 1.69 bits per heavy atom. The van der Waals surface area contributed by atoms with Gasteiger partial charge in [-0.3, -0.25) is 13.8 Å². The highest BCUT2D eigenvalue weighted by Gasteiger charge is 2.35. The van der Waals surface area contributed by atoms with Crippen LogP contribution in [0.1, 0.15) is 0 Å². The lowest BCUT2D eigenvalue weighted by Crippen LogP contribution is -2.48. The summed E-state index contributed by atoms with van der Waals surface area (Å²) in [5, 5.41) is 3.19. The molecular weight excluding hydrogens is 537 g/mol. The molecule has 0 aliphatic carbocycles. The number of nitrogens with one attached hydrogen (secondary N) is 2. The van der Waals surface area contributed by atoms with Crippen LogP contribution in [0, 0.1) is 0 Å². The minimum Gasteiger partial charge on any atom is -0.476 e. The summed E-state index contributed by atoms with van der Waals surface area (Å²) < 4.78 is 59.1. The minimum absolute atomic E-state index is 0.0432. The van der Waals surface area contributed by atoms with E-state index in [2.05, 4.69) is 10.0 Å². The smallest absolute Gasteiger partial charge is 0.267 e. The summed E-state index contributed by atoms with van der Waals surface area (Å²) in [6.45, 7) is -0.258. The second-order valence-corrected chi connectivity index (χ2v) is 12.0. The van der Waals surface area contributed by atoms with Gasteiger partial charge < -0.3 is 10.1 Å². The van der Waals surface area contributed by atoms with Crippen molar-refractivity contribution in [3.63, 3.8) is 0 Å². The molecule has 4 rings (SSSR count). The van der Waals surface area contributed by atoms with E-state index in [4.69, 9.17) is 27.9 Å². The Balaban J connectivity index is 1.49. The second-order valence-electron chi connectivity index (χ2n) is 7.61. The van der Waals surface area contributed by atoms with Crippen LogP contribution >= 0.6 is 23.2 Å². The lowest BCUT2D eigenvalue weighted by Gasteiger charge is -2.34. The van der Waals surface area contributed by atoms with Gasteiger partial charge in [0.1, 0.15) is 5.75 Å². The molecule has 1 amide bonds. The molecule has 3 aromatic rings. The van der Waals surface area contributed by atoms with Gasteiger partial charge in [-0.25, -0.2) is 16.8 Å². The summed E-state index contributed by atoms with van der Waals surface area (Å²) in [5.41, 5.74) is 0.769. The van der Waals surface area contributed by atoms with Crippen molar-refractivity contribution in [2.45, 2.75) is 11.0 Å². The van der Waals surface area contributed by atoms with Crippen LogP contribution in [0.2, 0.25) is 10.0 Å². The Bertz CT molecular complexity index is 1500. The van der Waals surface area contributed by atoms with E-state index in [0.717, 1.165) is 10.6 Å². The Labute approximate surface area is 212 Å². The van der Waals surface area contributed by atoms with Crippen LogP contribution in [0.3, 0.4) is 0 Å². The Morgan fingerprint density at radius 3 is 2.34 bits per heavy atom. The Hall–Kier alpha value is -2.99. The molecular formula is C22H19Cl2N3O6S2. The summed E-state index contributed by atoms with van der Waals surface area (Å²) in [6, 6.07) is 16.3. The average Bonchev–Trinajstić information content (AvgIpc) is 2.79. The SMILES string of the molecule is CS(=O)(=O)N1C[C@@H](C(=O)Nc2ccc(S(=O)(=O)Nc3ccccc3Cl)cc2)Oc2ccc(Cl)cc21. The van der Waals surface area contributed by atoms with Gasteiger partial charge in [0.25, 0.3) is 15.9 Å². The van der Waals surface area contributed by atoms with Gasteiger partial charge in [0, 0.05) is 10.7 Å². The highest BCUT2D eigenvalue weighted by molar-refractivity contribution is 7.92. The van der Waals surface area contributed by atoms with Gasteiger partial charge in [0.05, 0.1) is 34.1 Å². The molecule has 184 valence electrons. The third-order valence-corrected chi connectivity index (χ3v) is 8.13. The first-order valence-electron chi connectivity index (χ1n) is 10.1. The van der Waals surface area contributed by atoms with Crippen molar-refractivity contribution in [1.82, 2.24) is 0 Å². The molecule has 0 unspecified atom stereocenters. The Morgan fingerprint density at radius 1 is 1.00 bits per heavy atom. The number of anilines is 3. The second kappa shape index (κ2) is 9.57. The zero-order valence-corrected chi connectivity index (χ0v) is 21.2. The molecule has 1 aliphatic rings. The number of hydrogen-bond donors (Lipinski definition) is 2. The summed E-state index contributed by atoms with van der Waals surface area (Å²) in [6.07, 6.45) is -0.128. The van der Waals surface area contributed by atoms with Crippen LogP contribution in [-0.4, -0.2) is 41.6 Å². The molecule has 1 atom stereocenters. The monoisotopic (exact) mass is 555 g/mol. The van der Waals surface area contributed by atoms with Crippen molar-refractivity contribution >= 4 is 66.2 Å². The minimum atomic E-state index is -3.92. The zero-order chi connectivity index (χ0) is 25.4. The number of ether oxygens (including phenoxy) is 1. The zero-order valence-electron chi connectivity index (χ0n) is 18.1. The number of nitrogens with zero attached hydrogens (tertiary/aromatic N) is 1. The lowest BCUT2D eigenvalue weighted by molar-refractivity contribution is -0.122. The van der Waals surface area contributed by atoms with Crippen LogP contribution in [0.5, 0.6) is 5.75 Å². The van der Waals surface area contributed by atoms with Crippen LogP contribution in [-0.2, 0) is 24.8 Å². The standard InChI is InChI=1S/C22H19Cl2N3O6S2/c1-34(29,30)27-13-21(33-20-11-6-14(23)12-19(20)27)22(28)25-15-7-9-16(10-8-15)35(31,32)26-18-5-3-2-4-17(18)24/h2-12,21,26H,13H2,1H3,(H,25,28)/t21-/m0/s1. The van der Waals surface area contributed by atoms with E-state index in [9.17, 15) is 21.6 Å². The molecule has 0 bridgehead atoms. The summed E-state index contributed by atoms with van der Waals surface area (Å²) >= 11 is 12.0. The van der Waals surface area contributed by atoms with E-state index < -0.39 is 32.1 Å². The van der Waals surface area contributed by atoms with Gasteiger partial charge >= 0.3 is 0 Å². The fraction of sp³-hybridized carbons (Fsp3) is 0.136. The van der Waals surface area contributed by atoms with E-state index in [1.165, 1.54) is 48.5 Å². The number of carbonyl (C=O) groups excluding carboxylic acids is 1. The molecule has 0 spiro atoms. The number of halogens is 2. The van der Waals surface area contributed by atoms with E-state index in [0.29, 0.717) is 10.7 Å². The maximum Gasteiger partial charge on any atom is 0.267 e. The first kappa shape index (κ1) is 25.1. The van der Waals surface area contributed by atoms with Crippen molar-refractivity contribution in [1.29, 1.82) is 0 Å². The van der Waals surface area contributed by atoms with Crippen molar-refractivity contribution in [2.24, 2.45) is 0 Å². The molecule has 0 aromatic heterocycles. The largest absolute Gasteiger partial charge is 0.476 e. The number of carbonyl (C=O) groups is 1. The van der Waals surface area contributed by atoms with Gasteiger partial charge in [-0.1, -0.05) is 35.3 Å². The molecule has 0 saturated heterocycles. The predicted octanol–water partition coefficient (Wildman–Crippen LogP) is 3.96. The number of rotatable bonds is 6. The maximum absolute atomic E-state index is 12.8. The first-order valence-corrected chi connectivity index (χ1v) is 14.1. The first-order chi connectivity index (χ1) is 16.4. The van der Waals surface area contributed by atoms with Crippen molar-refractivity contribution < 1.29 is 26.4 Å². The number of sulfonamides is 2. The molecule has 2 N–H and O–H groups in total.